The number of nitrogens with zero attached hydrogens (tertiary/aromatic N) is 4. The second kappa shape index (κ2) is 13.1. The summed E-state index contributed by atoms with van der Waals surface area (Å²) < 4.78 is 24.4. The molecule has 0 aliphatic carbocycles. The van der Waals surface area contributed by atoms with Crippen molar-refractivity contribution in [1.29, 1.82) is 0 Å². The first kappa shape index (κ1) is 34.1. The zero-order valence-corrected chi connectivity index (χ0v) is 30.8. The average Bonchev–Trinajstić information content (AvgIpc) is 4.01. The fourth-order valence-corrected chi connectivity index (χ4v) is 9.88. The maximum atomic E-state index is 12.5. The summed E-state index contributed by atoms with van der Waals surface area (Å²) in [5, 5.41) is 2.45. The third kappa shape index (κ3) is 5.26. The molecule has 8 heterocycles. The van der Waals surface area contributed by atoms with Gasteiger partial charge in [-0.2, -0.15) is 0 Å². The van der Waals surface area contributed by atoms with Gasteiger partial charge < -0.3 is 28.9 Å². The molecular formula is C43H42N6O6. The number of carbonyl (C=O) groups is 2. The highest BCUT2D eigenvalue weighted by molar-refractivity contribution is 5.90. The molecule has 4 unspecified atom stereocenters. The number of hydrogen-bond donors (Lipinski definition) is 2. The summed E-state index contributed by atoms with van der Waals surface area (Å²) in [7, 11) is 2.77. The Balaban J connectivity index is 1.03. The number of para-hydroxylation sites is 2. The van der Waals surface area contributed by atoms with E-state index in [0.29, 0.717) is 37.1 Å². The number of pyridine rings is 2. The predicted octanol–water partition coefficient (Wildman–Crippen LogP) is 6.45. The molecule has 4 aliphatic heterocycles. The monoisotopic (exact) mass is 738 g/mol. The summed E-state index contributed by atoms with van der Waals surface area (Å²) in [5.41, 5.74) is 8.08. The van der Waals surface area contributed by atoms with Gasteiger partial charge in [-0.25, -0.2) is 9.59 Å². The highest BCUT2D eigenvalue weighted by atomic mass is 16.5. The van der Waals surface area contributed by atoms with Gasteiger partial charge in [0.2, 0.25) is 0 Å². The van der Waals surface area contributed by atoms with Gasteiger partial charge in [0.25, 0.3) is 0 Å². The van der Waals surface area contributed by atoms with E-state index in [1.165, 1.54) is 42.3 Å². The maximum Gasteiger partial charge on any atom is 0.339 e. The van der Waals surface area contributed by atoms with Gasteiger partial charge in [-0.3, -0.25) is 19.8 Å². The van der Waals surface area contributed by atoms with Crippen molar-refractivity contribution in [2.75, 3.05) is 40.5 Å². The molecule has 0 saturated carbocycles. The second-order valence-electron chi connectivity index (χ2n) is 15.0. The fourth-order valence-electron chi connectivity index (χ4n) is 9.88. The van der Waals surface area contributed by atoms with E-state index in [2.05, 4.69) is 78.3 Å². The zero-order valence-electron chi connectivity index (χ0n) is 30.8. The molecule has 12 nitrogen and oxygen atoms in total. The predicted molar refractivity (Wildman–Crippen MR) is 203 cm³/mol. The molecule has 0 bridgehead atoms. The van der Waals surface area contributed by atoms with Crippen molar-refractivity contribution in [3.8, 4) is 0 Å². The molecule has 10 rings (SSSR count). The summed E-state index contributed by atoms with van der Waals surface area (Å²) >= 11 is 0. The van der Waals surface area contributed by atoms with Gasteiger partial charge >= 0.3 is 11.9 Å². The standard InChI is InChI=1S/C43H42N6O6/c1-52-40(50)28-18-26(20-44-22-28)36-25-54-43(39-33(13-17-49(36)43)31-9-4-6-11-35(31)47-39)15-7-14-42-38-32(30-8-3-5-10-34(30)46-38)12-16-48(42)24-37(55-42)27-19-29(23-45-21-27)41(51)53-2/h3-6,8-11,18-23,36-37,46-47H,7,12-17,24-25H2,1-2H3. The van der Waals surface area contributed by atoms with E-state index in [0.717, 1.165) is 65.9 Å². The summed E-state index contributed by atoms with van der Waals surface area (Å²) in [6.07, 6.45) is 10.4. The molecule has 4 aliphatic rings. The number of rotatable bonds is 8. The Morgan fingerprint density at radius 2 is 1.36 bits per heavy atom. The number of carbonyl (C=O) groups excluding carboxylic acids is 2. The van der Waals surface area contributed by atoms with Gasteiger partial charge in [-0.05, 0) is 73.1 Å². The number of ether oxygens (including phenoxy) is 4. The molecule has 4 aromatic heterocycles. The SMILES string of the molecule is COC(=O)c1cncc(C2CN3CCc4c([nH]c5ccccc45)C3(CCCC34OCC(c5cncc(C(=O)OC)c5)N3CCc3c4[nH]c4ccccc34)O2)c1. The minimum absolute atomic E-state index is 0.108. The Morgan fingerprint density at radius 3 is 2.04 bits per heavy atom. The third-order valence-electron chi connectivity index (χ3n) is 12.3. The number of hydrogen-bond acceptors (Lipinski definition) is 10. The lowest BCUT2D eigenvalue weighted by molar-refractivity contribution is -0.140. The summed E-state index contributed by atoms with van der Waals surface area (Å²) in [6.45, 7) is 2.73. The van der Waals surface area contributed by atoms with E-state index >= 15 is 0 Å². The molecular weight excluding hydrogens is 697 g/mol. The van der Waals surface area contributed by atoms with Gasteiger partial charge in [0.1, 0.15) is 0 Å². The van der Waals surface area contributed by atoms with Crippen molar-refractivity contribution >= 4 is 33.7 Å². The van der Waals surface area contributed by atoms with Crippen molar-refractivity contribution in [2.45, 2.75) is 55.7 Å². The van der Waals surface area contributed by atoms with Crippen LogP contribution in [0, 0.1) is 0 Å². The molecule has 0 spiro atoms. The molecule has 0 radical (unpaired) electrons. The highest BCUT2D eigenvalue weighted by Gasteiger charge is 2.56. The molecule has 2 N–H and O–H groups in total. The average molecular weight is 739 g/mol. The molecule has 2 fully saturated rings. The quantitative estimate of drug-likeness (QED) is 0.168. The normalized spacial score (nSPS) is 24.7. The lowest BCUT2D eigenvalue weighted by atomic mass is 9.86. The van der Waals surface area contributed by atoms with Crippen molar-refractivity contribution in [3.05, 3.63) is 130 Å². The lowest BCUT2D eigenvalue weighted by Gasteiger charge is -2.44. The van der Waals surface area contributed by atoms with Crippen molar-refractivity contribution in [2.24, 2.45) is 0 Å². The number of H-pyrrole nitrogens is 2. The van der Waals surface area contributed by atoms with Gasteiger partial charge in [0.05, 0.1) is 55.5 Å². The van der Waals surface area contributed by atoms with Crippen LogP contribution < -0.4 is 0 Å². The number of aromatic nitrogens is 4. The van der Waals surface area contributed by atoms with E-state index in [1.807, 2.05) is 18.3 Å². The van der Waals surface area contributed by atoms with Crippen LogP contribution in [0.1, 0.15) is 85.8 Å². The van der Waals surface area contributed by atoms with E-state index in [1.54, 1.807) is 12.4 Å². The van der Waals surface area contributed by atoms with Crippen LogP contribution in [0.5, 0.6) is 0 Å². The van der Waals surface area contributed by atoms with Crippen LogP contribution in [0.25, 0.3) is 21.8 Å². The van der Waals surface area contributed by atoms with Gasteiger partial charge in [-0.15, -0.1) is 0 Å². The number of nitrogens with one attached hydrogen (secondary N) is 2. The maximum absolute atomic E-state index is 12.5. The molecule has 2 saturated heterocycles. The van der Waals surface area contributed by atoms with Crippen LogP contribution in [-0.4, -0.2) is 82.1 Å². The van der Waals surface area contributed by atoms with Crippen LogP contribution in [0.2, 0.25) is 0 Å². The van der Waals surface area contributed by atoms with Gasteiger partial charge in [0.15, 0.2) is 11.4 Å². The molecule has 55 heavy (non-hydrogen) atoms. The Bertz CT molecular complexity index is 2400. The minimum Gasteiger partial charge on any atom is -0.465 e. The molecule has 2 aromatic carbocycles. The van der Waals surface area contributed by atoms with E-state index in [4.69, 9.17) is 18.9 Å². The summed E-state index contributed by atoms with van der Waals surface area (Å²) in [5.74, 6) is -0.834. The Kier molecular flexibility index (Phi) is 8.14. The molecule has 12 heteroatoms. The zero-order chi connectivity index (χ0) is 37.3. The van der Waals surface area contributed by atoms with Crippen molar-refractivity contribution in [3.63, 3.8) is 0 Å². The van der Waals surface area contributed by atoms with Gasteiger partial charge in [0, 0.05) is 71.8 Å². The second-order valence-corrected chi connectivity index (χ2v) is 15.0. The first-order valence-electron chi connectivity index (χ1n) is 19.0. The first-order valence-corrected chi connectivity index (χ1v) is 19.0. The topological polar surface area (TPSA) is 135 Å². The highest BCUT2D eigenvalue weighted by Crippen LogP contribution is 2.54. The summed E-state index contributed by atoms with van der Waals surface area (Å²) in [6, 6.07) is 20.6. The van der Waals surface area contributed by atoms with Crippen LogP contribution in [-0.2, 0) is 43.2 Å². The molecule has 280 valence electrons. The number of esters is 2. The van der Waals surface area contributed by atoms with E-state index in [-0.39, 0.29) is 12.1 Å². The molecule has 0 amide bonds. The fraction of sp³-hybridized carbons (Fsp3) is 0.349. The third-order valence-corrected chi connectivity index (χ3v) is 12.3. The van der Waals surface area contributed by atoms with E-state index in [9.17, 15) is 9.59 Å². The van der Waals surface area contributed by atoms with Crippen molar-refractivity contribution < 1.29 is 28.5 Å². The number of fused-ring (bicyclic) bond motifs is 10. The summed E-state index contributed by atoms with van der Waals surface area (Å²) in [4.78, 5) is 46.4. The molecule has 6 aromatic rings. The van der Waals surface area contributed by atoms with Crippen LogP contribution in [0.3, 0.4) is 0 Å². The smallest absolute Gasteiger partial charge is 0.339 e. The number of benzene rings is 2. The van der Waals surface area contributed by atoms with E-state index < -0.39 is 23.4 Å². The minimum atomic E-state index is -0.741. The lowest BCUT2D eigenvalue weighted by Crippen LogP contribution is -2.50. The van der Waals surface area contributed by atoms with Crippen LogP contribution >= 0.6 is 0 Å². The van der Waals surface area contributed by atoms with Crippen LogP contribution in [0.15, 0.2) is 85.5 Å². The Labute approximate surface area is 317 Å². The first-order chi connectivity index (χ1) is 26.9. The Morgan fingerprint density at radius 1 is 0.782 bits per heavy atom. The number of methoxy groups -OCH3 is 2. The number of aromatic amines is 2. The van der Waals surface area contributed by atoms with Crippen LogP contribution in [0.4, 0.5) is 0 Å². The van der Waals surface area contributed by atoms with Crippen molar-refractivity contribution in [1.82, 2.24) is 29.7 Å². The Hall–Kier alpha value is -5.40. The largest absolute Gasteiger partial charge is 0.465 e. The van der Waals surface area contributed by atoms with Gasteiger partial charge in [-0.1, -0.05) is 36.4 Å². The molecule has 4 atom stereocenters.